The molecule has 0 fully saturated rings. The molecule has 0 N–H and O–H groups in total. The molecule has 0 spiro atoms. The lowest BCUT2D eigenvalue weighted by molar-refractivity contribution is -0.144. The van der Waals surface area contributed by atoms with E-state index in [2.05, 4.69) is 6.58 Å². The molecule has 0 saturated heterocycles. The largest absolute Gasteiger partial charge is 0.544 e. The summed E-state index contributed by atoms with van der Waals surface area (Å²) in [6.45, 7) is 12.9. The van der Waals surface area contributed by atoms with Crippen LogP contribution in [0, 0.1) is 0 Å². The van der Waals surface area contributed by atoms with E-state index in [0.29, 0.717) is 6.42 Å². The third-order valence-electron chi connectivity index (χ3n) is 2.27. The highest BCUT2D eigenvalue weighted by Gasteiger charge is 2.52. The standard InChI is InChI=1S/C13H26O5Si/c1-8-12(14)16-13(9-2)19(15-7,17-10(3)4)18-11(5)6/h8,10-11,13H,1,9H2,2-7H3. The number of hydrogen-bond acceptors (Lipinski definition) is 5. The average Bonchev–Trinajstić information content (AvgIpc) is 2.33. The van der Waals surface area contributed by atoms with Crippen molar-refractivity contribution in [2.75, 3.05) is 7.11 Å². The van der Waals surface area contributed by atoms with Crippen molar-refractivity contribution < 1.29 is 22.8 Å². The van der Waals surface area contributed by atoms with Crippen LogP contribution in [0.5, 0.6) is 0 Å². The number of carbonyl (C=O) groups excluding carboxylic acids is 1. The van der Waals surface area contributed by atoms with Crippen molar-refractivity contribution >= 4 is 14.8 Å². The molecule has 112 valence electrons. The second-order valence-electron chi connectivity index (χ2n) is 4.68. The SMILES string of the molecule is C=CC(=O)OC(CC)[Si](OC)(OC(C)C)OC(C)C. The normalized spacial score (nSPS) is 13.7. The van der Waals surface area contributed by atoms with Gasteiger partial charge < -0.3 is 18.0 Å². The summed E-state index contributed by atoms with van der Waals surface area (Å²) >= 11 is 0. The Morgan fingerprint density at radius 3 is 1.95 bits per heavy atom. The van der Waals surface area contributed by atoms with Gasteiger partial charge in [-0.05, 0) is 34.1 Å². The number of hydrogen-bond donors (Lipinski definition) is 0. The molecule has 0 rings (SSSR count). The zero-order valence-corrected chi connectivity index (χ0v) is 13.8. The van der Waals surface area contributed by atoms with Crippen molar-refractivity contribution in [2.24, 2.45) is 0 Å². The van der Waals surface area contributed by atoms with Gasteiger partial charge in [-0.1, -0.05) is 13.5 Å². The fourth-order valence-electron chi connectivity index (χ4n) is 1.66. The van der Waals surface area contributed by atoms with Crippen molar-refractivity contribution in [1.29, 1.82) is 0 Å². The second kappa shape index (κ2) is 8.47. The van der Waals surface area contributed by atoms with Crippen LogP contribution < -0.4 is 0 Å². The number of ether oxygens (including phenoxy) is 1. The van der Waals surface area contributed by atoms with E-state index in [0.717, 1.165) is 6.08 Å². The molecular weight excluding hydrogens is 264 g/mol. The Labute approximate surface area is 117 Å². The van der Waals surface area contributed by atoms with Crippen LogP contribution in [0.25, 0.3) is 0 Å². The molecule has 1 unspecified atom stereocenters. The van der Waals surface area contributed by atoms with E-state index in [-0.39, 0.29) is 12.2 Å². The first kappa shape index (κ1) is 18.3. The highest BCUT2D eigenvalue weighted by molar-refractivity contribution is 6.62. The Morgan fingerprint density at radius 1 is 1.21 bits per heavy atom. The minimum Gasteiger partial charge on any atom is -0.455 e. The molecule has 0 aliphatic heterocycles. The van der Waals surface area contributed by atoms with E-state index in [1.165, 1.54) is 7.11 Å². The number of rotatable bonds is 9. The Morgan fingerprint density at radius 2 is 1.68 bits per heavy atom. The molecule has 0 radical (unpaired) electrons. The molecule has 0 saturated carbocycles. The van der Waals surface area contributed by atoms with E-state index < -0.39 is 20.5 Å². The predicted molar refractivity (Wildman–Crippen MR) is 75.6 cm³/mol. The van der Waals surface area contributed by atoms with Crippen LogP contribution in [-0.4, -0.2) is 39.8 Å². The Kier molecular flexibility index (Phi) is 8.16. The minimum absolute atomic E-state index is 0.0816. The molecule has 0 aromatic carbocycles. The molecule has 1 atom stereocenters. The van der Waals surface area contributed by atoms with Crippen LogP contribution in [0.15, 0.2) is 12.7 Å². The van der Waals surface area contributed by atoms with E-state index in [1.807, 2.05) is 34.6 Å². The van der Waals surface area contributed by atoms with E-state index in [4.69, 9.17) is 18.0 Å². The first-order valence-corrected chi connectivity index (χ1v) is 8.35. The van der Waals surface area contributed by atoms with Gasteiger partial charge in [0.15, 0.2) is 5.73 Å². The van der Waals surface area contributed by atoms with Crippen molar-refractivity contribution in [1.82, 2.24) is 0 Å². The summed E-state index contributed by atoms with van der Waals surface area (Å²) in [4.78, 5) is 11.4. The van der Waals surface area contributed by atoms with Gasteiger partial charge in [0.25, 0.3) is 0 Å². The Hall–Kier alpha value is -0.693. The van der Waals surface area contributed by atoms with Crippen LogP contribution in [0.4, 0.5) is 0 Å². The summed E-state index contributed by atoms with van der Waals surface area (Å²) in [7, 11) is -1.57. The lowest BCUT2D eigenvalue weighted by Gasteiger charge is -2.36. The first-order valence-electron chi connectivity index (χ1n) is 6.55. The smallest absolute Gasteiger partial charge is 0.455 e. The summed E-state index contributed by atoms with van der Waals surface area (Å²) in [5.74, 6) is -0.500. The van der Waals surface area contributed by atoms with Gasteiger partial charge in [0, 0.05) is 25.4 Å². The lowest BCUT2D eigenvalue weighted by Crippen LogP contribution is -2.59. The highest BCUT2D eigenvalue weighted by atomic mass is 28.4. The van der Waals surface area contributed by atoms with E-state index >= 15 is 0 Å². The van der Waals surface area contributed by atoms with Crippen LogP contribution >= 0.6 is 0 Å². The average molecular weight is 290 g/mol. The van der Waals surface area contributed by atoms with Gasteiger partial charge >= 0.3 is 14.8 Å². The van der Waals surface area contributed by atoms with Gasteiger partial charge in [0.05, 0.1) is 0 Å². The molecule has 0 amide bonds. The molecule has 0 bridgehead atoms. The summed E-state index contributed by atoms with van der Waals surface area (Å²) in [6.07, 6.45) is 1.52. The summed E-state index contributed by atoms with van der Waals surface area (Å²) in [5, 5.41) is 0. The zero-order valence-electron chi connectivity index (χ0n) is 12.8. The third kappa shape index (κ3) is 5.86. The maximum absolute atomic E-state index is 11.4. The van der Waals surface area contributed by atoms with E-state index in [9.17, 15) is 4.79 Å². The Balaban J connectivity index is 5.23. The van der Waals surface area contributed by atoms with Gasteiger partial charge in [0.1, 0.15) is 0 Å². The molecule has 0 aliphatic rings. The third-order valence-corrected chi connectivity index (χ3v) is 5.76. The minimum atomic E-state index is -3.09. The zero-order chi connectivity index (χ0) is 15.1. The summed E-state index contributed by atoms with van der Waals surface area (Å²) in [6, 6.07) is 0. The predicted octanol–water partition coefficient (Wildman–Crippen LogP) is 2.47. The van der Waals surface area contributed by atoms with Crippen molar-refractivity contribution in [3.63, 3.8) is 0 Å². The van der Waals surface area contributed by atoms with Gasteiger partial charge in [-0.2, -0.15) is 0 Å². The van der Waals surface area contributed by atoms with Gasteiger partial charge in [-0.15, -0.1) is 0 Å². The van der Waals surface area contributed by atoms with Crippen LogP contribution in [0.1, 0.15) is 41.0 Å². The quantitative estimate of drug-likeness (QED) is 0.371. The highest BCUT2D eigenvalue weighted by Crippen LogP contribution is 2.23. The van der Waals surface area contributed by atoms with E-state index in [1.54, 1.807) is 0 Å². The summed E-state index contributed by atoms with van der Waals surface area (Å²) < 4.78 is 22.6. The molecule has 19 heavy (non-hydrogen) atoms. The van der Waals surface area contributed by atoms with Crippen LogP contribution in [0.2, 0.25) is 0 Å². The van der Waals surface area contributed by atoms with Crippen LogP contribution in [-0.2, 0) is 22.8 Å². The lowest BCUT2D eigenvalue weighted by atomic mass is 10.5. The molecule has 6 heteroatoms. The molecule has 0 aromatic heterocycles. The fourth-order valence-corrected chi connectivity index (χ4v) is 4.55. The van der Waals surface area contributed by atoms with Crippen molar-refractivity contribution in [3.8, 4) is 0 Å². The molecule has 0 aliphatic carbocycles. The number of esters is 1. The number of carbonyl (C=O) groups is 1. The molecule has 5 nitrogen and oxygen atoms in total. The maximum atomic E-state index is 11.4. The van der Waals surface area contributed by atoms with Gasteiger partial charge in [0.2, 0.25) is 0 Å². The Bertz CT molecular complexity index is 281. The second-order valence-corrected chi connectivity index (χ2v) is 7.41. The molecular formula is C13H26O5Si. The first-order chi connectivity index (χ1) is 8.81. The molecule has 0 heterocycles. The van der Waals surface area contributed by atoms with Gasteiger partial charge in [-0.3, -0.25) is 0 Å². The topological polar surface area (TPSA) is 54.0 Å². The maximum Gasteiger partial charge on any atom is 0.544 e. The summed E-state index contributed by atoms with van der Waals surface area (Å²) in [5.41, 5.74) is -0.534. The van der Waals surface area contributed by atoms with Crippen molar-refractivity contribution in [3.05, 3.63) is 12.7 Å². The monoisotopic (exact) mass is 290 g/mol. The van der Waals surface area contributed by atoms with Crippen LogP contribution in [0.3, 0.4) is 0 Å². The van der Waals surface area contributed by atoms with Gasteiger partial charge in [-0.25, -0.2) is 4.79 Å². The fraction of sp³-hybridized carbons (Fsp3) is 0.769. The molecule has 0 aromatic rings. The van der Waals surface area contributed by atoms with Crippen molar-refractivity contribution in [2.45, 2.75) is 59.0 Å².